The first-order valence-corrected chi connectivity index (χ1v) is 7.32. The van der Waals surface area contributed by atoms with E-state index in [1.807, 2.05) is 24.3 Å². The number of carboxylic acids is 1. The van der Waals surface area contributed by atoms with Crippen LogP contribution in [0.2, 0.25) is 5.02 Å². The van der Waals surface area contributed by atoms with Crippen molar-refractivity contribution in [2.75, 3.05) is 19.6 Å². The van der Waals surface area contributed by atoms with Crippen LogP contribution in [0.3, 0.4) is 0 Å². The molecule has 1 heterocycles. The SMILES string of the molecule is O=C(O)CCN1CCCC(OCc2ccccc2Cl)C1. The second-order valence-corrected chi connectivity index (χ2v) is 5.52. The zero-order valence-corrected chi connectivity index (χ0v) is 12.2. The second kappa shape index (κ2) is 7.62. The van der Waals surface area contributed by atoms with Crippen molar-refractivity contribution in [2.24, 2.45) is 0 Å². The lowest BCUT2D eigenvalue weighted by Gasteiger charge is -2.32. The van der Waals surface area contributed by atoms with Crippen molar-refractivity contribution in [1.29, 1.82) is 0 Å². The Labute approximate surface area is 124 Å². The molecule has 5 heteroatoms. The fourth-order valence-electron chi connectivity index (χ4n) is 2.43. The van der Waals surface area contributed by atoms with Crippen LogP contribution in [0.4, 0.5) is 0 Å². The summed E-state index contributed by atoms with van der Waals surface area (Å²) >= 11 is 6.10. The molecule has 1 aliphatic heterocycles. The van der Waals surface area contributed by atoms with Crippen molar-refractivity contribution in [3.8, 4) is 0 Å². The third-order valence-corrected chi connectivity index (χ3v) is 3.91. The van der Waals surface area contributed by atoms with Gasteiger partial charge in [0.15, 0.2) is 0 Å². The Morgan fingerprint density at radius 2 is 2.25 bits per heavy atom. The lowest BCUT2D eigenvalue weighted by Crippen LogP contribution is -2.40. The summed E-state index contributed by atoms with van der Waals surface area (Å²) in [5.41, 5.74) is 0.997. The van der Waals surface area contributed by atoms with Crippen LogP contribution in [0, 0.1) is 0 Å². The molecule has 2 rings (SSSR count). The normalized spacial score (nSPS) is 19.9. The first-order chi connectivity index (χ1) is 9.65. The molecule has 1 N–H and O–H groups in total. The molecule has 0 radical (unpaired) electrons. The standard InChI is InChI=1S/C15H20ClNO3/c16-14-6-2-1-4-12(14)11-20-13-5-3-8-17(10-13)9-7-15(18)19/h1-2,4,6,13H,3,5,7-11H2,(H,18,19). The molecule has 1 aromatic rings. The molecule has 1 unspecified atom stereocenters. The van der Waals surface area contributed by atoms with Gasteiger partial charge in [-0.05, 0) is 31.0 Å². The van der Waals surface area contributed by atoms with Crippen molar-refractivity contribution in [3.63, 3.8) is 0 Å². The van der Waals surface area contributed by atoms with Gasteiger partial charge in [0.05, 0.1) is 19.1 Å². The Balaban J connectivity index is 1.78. The first-order valence-electron chi connectivity index (χ1n) is 6.94. The third kappa shape index (κ3) is 4.78. The van der Waals surface area contributed by atoms with E-state index in [2.05, 4.69) is 4.90 Å². The highest BCUT2D eigenvalue weighted by Gasteiger charge is 2.20. The molecule has 1 aromatic carbocycles. The molecule has 110 valence electrons. The third-order valence-electron chi connectivity index (χ3n) is 3.54. The van der Waals surface area contributed by atoms with Crippen LogP contribution in [-0.2, 0) is 16.1 Å². The van der Waals surface area contributed by atoms with Crippen LogP contribution in [0.25, 0.3) is 0 Å². The Morgan fingerprint density at radius 3 is 3.00 bits per heavy atom. The Kier molecular flexibility index (Phi) is 5.83. The number of ether oxygens (including phenoxy) is 1. The molecule has 0 aliphatic carbocycles. The predicted molar refractivity (Wildman–Crippen MR) is 78.0 cm³/mol. The van der Waals surface area contributed by atoms with E-state index < -0.39 is 5.97 Å². The average molecular weight is 298 g/mol. The Bertz CT molecular complexity index is 452. The van der Waals surface area contributed by atoms with Crippen LogP contribution >= 0.6 is 11.6 Å². The average Bonchev–Trinajstić information content (AvgIpc) is 2.45. The summed E-state index contributed by atoms with van der Waals surface area (Å²) in [6, 6.07) is 7.68. The largest absolute Gasteiger partial charge is 0.481 e. The second-order valence-electron chi connectivity index (χ2n) is 5.11. The molecular formula is C15H20ClNO3. The summed E-state index contributed by atoms with van der Waals surface area (Å²) in [5.74, 6) is -0.746. The molecule has 0 aromatic heterocycles. The number of likely N-dealkylation sites (tertiary alicyclic amines) is 1. The van der Waals surface area contributed by atoms with Gasteiger partial charge in [0.25, 0.3) is 0 Å². The van der Waals surface area contributed by atoms with E-state index >= 15 is 0 Å². The molecule has 1 aliphatic rings. The maximum absolute atomic E-state index is 10.6. The number of nitrogens with zero attached hydrogens (tertiary/aromatic N) is 1. The lowest BCUT2D eigenvalue weighted by atomic mass is 10.1. The van der Waals surface area contributed by atoms with Gasteiger partial charge in [-0.1, -0.05) is 29.8 Å². The van der Waals surface area contributed by atoms with Crippen molar-refractivity contribution in [1.82, 2.24) is 4.90 Å². The number of benzene rings is 1. The van der Waals surface area contributed by atoms with E-state index in [0.29, 0.717) is 13.2 Å². The molecule has 4 nitrogen and oxygen atoms in total. The lowest BCUT2D eigenvalue weighted by molar-refractivity contribution is -0.137. The van der Waals surface area contributed by atoms with Gasteiger partial charge in [-0.25, -0.2) is 0 Å². The van der Waals surface area contributed by atoms with E-state index in [0.717, 1.165) is 36.5 Å². The zero-order valence-electron chi connectivity index (χ0n) is 11.4. The maximum atomic E-state index is 10.6. The summed E-state index contributed by atoms with van der Waals surface area (Å²) in [5, 5.41) is 9.45. The van der Waals surface area contributed by atoms with E-state index in [1.165, 1.54) is 0 Å². The van der Waals surface area contributed by atoms with Gasteiger partial charge in [0, 0.05) is 18.1 Å². The topological polar surface area (TPSA) is 49.8 Å². The van der Waals surface area contributed by atoms with Gasteiger partial charge in [-0.15, -0.1) is 0 Å². The molecular weight excluding hydrogens is 278 g/mol. The number of carboxylic acid groups (broad SMARTS) is 1. The monoisotopic (exact) mass is 297 g/mol. The summed E-state index contributed by atoms with van der Waals surface area (Å²) < 4.78 is 5.91. The van der Waals surface area contributed by atoms with Gasteiger partial charge >= 0.3 is 5.97 Å². The van der Waals surface area contributed by atoms with E-state index in [-0.39, 0.29) is 12.5 Å². The molecule has 1 fully saturated rings. The molecule has 1 atom stereocenters. The van der Waals surface area contributed by atoms with Crippen LogP contribution < -0.4 is 0 Å². The fourth-order valence-corrected chi connectivity index (χ4v) is 2.62. The number of carbonyl (C=O) groups is 1. The van der Waals surface area contributed by atoms with Crippen LogP contribution in [0.1, 0.15) is 24.8 Å². The van der Waals surface area contributed by atoms with Gasteiger partial charge in [-0.3, -0.25) is 4.79 Å². The molecule has 0 amide bonds. The van der Waals surface area contributed by atoms with Crippen molar-refractivity contribution in [3.05, 3.63) is 34.9 Å². The van der Waals surface area contributed by atoms with Gasteiger partial charge < -0.3 is 14.7 Å². The first kappa shape index (κ1) is 15.3. The molecule has 1 saturated heterocycles. The maximum Gasteiger partial charge on any atom is 0.304 e. The highest BCUT2D eigenvalue weighted by atomic mass is 35.5. The van der Waals surface area contributed by atoms with Crippen molar-refractivity contribution < 1.29 is 14.6 Å². The minimum atomic E-state index is -0.746. The molecule has 0 bridgehead atoms. The number of aliphatic carboxylic acids is 1. The summed E-state index contributed by atoms with van der Waals surface area (Å²) in [4.78, 5) is 12.8. The predicted octanol–water partition coefficient (Wildman–Crippen LogP) is 2.80. The summed E-state index contributed by atoms with van der Waals surface area (Å²) in [7, 11) is 0. The van der Waals surface area contributed by atoms with Gasteiger partial charge in [0.2, 0.25) is 0 Å². The van der Waals surface area contributed by atoms with E-state index in [4.69, 9.17) is 21.4 Å². The summed E-state index contributed by atoms with van der Waals surface area (Å²) in [6.45, 7) is 2.87. The number of rotatable bonds is 6. The summed E-state index contributed by atoms with van der Waals surface area (Å²) in [6.07, 6.45) is 2.42. The highest BCUT2D eigenvalue weighted by Crippen LogP contribution is 2.19. The minimum Gasteiger partial charge on any atom is -0.481 e. The fraction of sp³-hybridized carbons (Fsp3) is 0.533. The van der Waals surface area contributed by atoms with E-state index in [1.54, 1.807) is 0 Å². The Morgan fingerprint density at radius 1 is 1.45 bits per heavy atom. The molecule has 0 spiro atoms. The number of hydrogen-bond donors (Lipinski definition) is 1. The van der Waals surface area contributed by atoms with Crippen LogP contribution in [0.5, 0.6) is 0 Å². The van der Waals surface area contributed by atoms with Gasteiger partial charge in [0.1, 0.15) is 0 Å². The molecule has 20 heavy (non-hydrogen) atoms. The quantitative estimate of drug-likeness (QED) is 0.877. The number of hydrogen-bond acceptors (Lipinski definition) is 3. The highest BCUT2D eigenvalue weighted by molar-refractivity contribution is 6.31. The van der Waals surface area contributed by atoms with Crippen molar-refractivity contribution >= 4 is 17.6 Å². The van der Waals surface area contributed by atoms with Crippen molar-refractivity contribution in [2.45, 2.75) is 32.0 Å². The van der Waals surface area contributed by atoms with Crippen LogP contribution in [-0.4, -0.2) is 41.7 Å². The number of halogens is 1. The number of piperidine rings is 1. The Hall–Kier alpha value is -1.10. The minimum absolute atomic E-state index is 0.161. The smallest absolute Gasteiger partial charge is 0.304 e. The van der Waals surface area contributed by atoms with E-state index in [9.17, 15) is 4.79 Å². The van der Waals surface area contributed by atoms with Gasteiger partial charge in [-0.2, -0.15) is 0 Å². The van der Waals surface area contributed by atoms with Crippen LogP contribution in [0.15, 0.2) is 24.3 Å². The zero-order chi connectivity index (χ0) is 14.4. The molecule has 0 saturated carbocycles.